The first-order valence-corrected chi connectivity index (χ1v) is 7.56. The van der Waals surface area contributed by atoms with Gasteiger partial charge < -0.3 is 0 Å². The van der Waals surface area contributed by atoms with Crippen molar-refractivity contribution < 1.29 is 0 Å². The monoisotopic (exact) mass is 292 g/mol. The van der Waals surface area contributed by atoms with Gasteiger partial charge in [0.15, 0.2) is 5.82 Å². The van der Waals surface area contributed by atoms with E-state index >= 15 is 0 Å². The molecule has 3 rings (SSSR count). The van der Waals surface area contributed by atoms with Crippen LogP contribution in [0.1, 0.15) is 29.3 Å². The van der Waals surface area contributed by atoms with Crippen LogP contribution in [0.5, 0.6) is 0 Å². The Balaban J connectivity index is 2.11. The number of nitrogens with zero attached hydrogens (tertiary/aromatic N) is 4. The fourth-order valence-corrected chi connectivity index (χ4v) is 2.67. The van der Waals surface area contributed by atoms with Crippen molar-refractivity contribution in [2.45, 2.75) is 34.1 Å². The van der Waals surface area contributed by atoms with E-state index in [9.17, 15) is 0 Å². The summed E-state index contributed by atoms with van der Waals surface area (Å²) < 4.78 is 2.00. The lowest BCUT2D eigenvalue weighted by molar-refractivity contribution is 1.06. The number of fused-ring (bicyclic) bond motifs is 1. The van der Waals surface area contributed by atoms with E-state index < -0.39 is 0 Å². The fraction of sp³-hybridized carbons (Fsp3) is 0.278. The molecule has 0 aliphatic heterocycles. The van der Waals surface area contributed by atoms with Crippen LogP contribution in [0.15, 0.2) is 46.8 Å². The van der Waals surface area contributed by atoms with Crippen LogP contribution < -0.4 is 0 Å². The summed E-state index contributed by atoms with van der Waals surface area (Å²) in [5, 5.41) is 9.02. The molecule has 0 saturated carbocycles. The van der Waals surface area contributed by atoms with Gasteiger partial charge in [-0.2, -0.15) is 0 Å². The molecule has 0 N–H and O–H groups in total. The van der Waals surface area contributed by atoms with Crippen molar-refractivity contribution in [1.82, 2.24) is 9.38 Å². The number of pyridine rings is 1. The van der Waals surface area contributed by atoms with Gasteiger partial charge in [-0.05, 0) is 49.9 Å². The van der Waals surface area contributed by atoms with Crippen LogP contribution in [0.2, 0.25) is 0 Å². The standard InChI is InChI=1S/C18H20N4/c1-5-15-10-6-8-12(2)16(15)20-21-18-14(4)19-17-13(3)9-7-11-22(17)18/h6-11H,5H2,1-4H3. The van der Waals surface area contributed by atoms with Gasteiger partial charge in [-0.25, -0.2) is 4.98 Å². The molecule has 0 spiro atoms. The zero-order chi connectivity index (χ0) is 15.7. The number of aryl methyl sites for hydroxylation is 4. The minimum absolute atomic E-state index is 0.795. The summed E-state index contributed by atoms with van der Waals surface area (Å²) in [6.07, 6.45) is 2.93. The zero-order valence-electron chi connectivity index (χ0n) is 13.5. The summed E-state index contributed by atoms with van der Waals surface area (Å²) in [6, 6.07) is 10.3. The third-order valence-electron chi connectivity index (χ3n) is 3.93. The average Bonchev–Trinajstić information content (AvgIpc) is 2.83. The predicted molar refractivity (Wildman–Crippen MR) is 89.4 cm³/mol. The minimum Gasteiger partial charge on any atom is -0.283 e. The highest BCUT2D eigenvalue weighted by Gasteiger charge is 2.10. The van der Waals surface area contributed by atoms with Crippen LogP contribution >= 0.6 is 0 Å². The number of azo groups is 1. The van der Waals surface area contributed by atoms with Crippen molar-refractivity contribution in [2.75, 3.05) is 0 Å². The summed E-state index contributed by atoms with van der Waals surface area (Å²) in [5.41, 5.74) is 6.29. The number of hydrogen-bond acceptors (Lipinski definition) is 3. The topological polar surface area (TPSA) is 42.0 Å². The van der Waals surface area contributed by atoms with Gasteiger partial charge in [0.2, 0.25) is 0 Å². The SMILES string of the molecule is CCc1cccc(C)c1N=Nc1c(C)nc2c(C)cccn12. The number of benzene rings is 1. The molecule has 3 aromatic rings. The fourth-order valence-electron chi connectivity index (χ4n) is 2.67. The average molecular weight is 292 g/mol. The molecule has 1 aromatic carbocycles. The Morgan fingerprint density at radius 2 is 1.77 bits per heavy atom. The van der Waals surface area contributed by atoms with E-state index in [4.69, 9.17) is 0 Å². The van der Waals surface area contributed by atoms with Crippen molar-refractivity contribution in [3.63, 3.8) is 0 Å². The van der Waals surface area contributed by atoms with E-state index in [1.54, 1.807) is 0 Å². The van der Waals surface area contributed by atoms with Crippen LogP contribution in [0, 0.1) is 20.8 Å². The molecular weight excluding hydrogens is 272 g/mol. The maximum absolute atomic E-state index is 4.60. The van der Waals surface area contributed by atoms with Crippen molar-refractivity contribution in [1.29, 1.82) is 0 Å². The lowest BCUT2D eigenvalue weighted by Gasteiger charge is -2.05. The lowest BCUT2D eigenvalue weighted by Crippen LogP contribution is -1.86. The molecular formula is C18H20N4. The largest absolute Gasteiger partial charge is 0.283 e. The number of hydrogen-bond donors (Lipinski definition) is 0. The first-order valence-electron chi connectivity index (χ1n) is 7.56. The molecule has 0 bridgehead atoms. The van der Waals surface area contributed by atoms with Gasteiger partial charge >= 0.3 is 0 Å². The van der Waals surface area contributed by atoms with Gasteiger partial charge in [-0.1, -0.05) is 31.2 Å². The summed E-state index contributed by atoms with van der Waals surface area (Å²) in [5.74, 6) is 0.795. The normalized spacial score (nSPS) is 11.6. The van der Waals surface area contributed by atoms with E-state index in [2.05, 4.69) is 60.2 Å². The maximum atomic E-state index is 4.60. The third-order valence-corrected chi connectivity index (χ3v) is 3.93. The molecule has 112 valence electrons. The number of rotatable bonds is 3. The molecule has 0 saturated heterocycles. The quantitative estimate of drug-likeness (QED) is 0.609. The Labute approximate surface area is 130 Å². The first kappa shape index (κ1) is 14.4. The Hall–Kier alpha value is -2.49. The highest BCUT2D eigenvalue weighted by molar-refractivity contribution is 5.57. The highest BCUT2D eigenvalue weighted by atomic mass is 15.2. The van der Waals surface area contributed by atoms with Gasteiger partial charge in [0.05, 0.1) is 11.4 Å². The van der Waals surface area contributed by atoms with Crippen LogP contribution in [-0.4, -0.2) is 9.38 Å². The van der Waals surface area contributed by atoms with E-state index in [0.717, 1.165) is 40.4 Å². The van der Waals surface area contributed by atoms with Gasteiger partial charge in [0.25, 0.3) is 0 Å². The molecule has 0 aliphatic rings. The van der Waals surface area contributed by atoms with E-state index in [1.807, 2.05) is 23.6 Å². The predicted octanol–water partition coefficient (Wildman–Crippen LogP) is 5.24. The van der Waals surface area contributed by atoms with Crippen LogP contribution in [-0.2, 0) is 6.42 Å². The van der Waals surface area contributed by atoms with E-state index in [1.165, 1.54) is 5.56 Å². The van der Waals surface area contributed by atoms with Gasteiger partial charge in [-0.15, -0.1) is 10.2 Å². The molecule has 0 amide bonds. The van der Waals surface area contributed by atoms with Crippen molar-refractivity contribution in [3.8, 4) is 0 Å². The van der Waals surface area contributed by atoms with Crippen LogP contribution in [0.3, 0.4) is 0 Å². The van der Waals surface area contributed by atoms with Crippen LogP contribution in [0.25, 0.3) is 5.65 Å². The molecule has 22 heavy (non-hydrogen) atoms. The summed E-state index contributed by atoms with van der Waals surface area (Å²) in [7, 11) is 0. The Bertz CT molecular complexity index is 859. The van der Waals surface area contributed by atoms with Crippen LogP contribution in [0.4, 0.5) is 11.5 Å². The molecule has 0 unspecified atom stereocenters. The van der Waals surface area contributed by atoms with Gasteiger partial charge in [0, 0.05) is 6.20 Å². The number of imidazole rings is 1. The Morgan fingerprint density at radius 1 is 1.00 bits per heavy atom. The summed E-state index contributed by atoms with van der Waals surface area (Å²) in [4.78, 5) is 4.60. The highest BCUT2D eigenvalue weighted by Crippen LogP contribution is 2.29. The second-order valence-electron chi connectivity index (χ2n) is 5.54. The molecule has 0 fully saturated rings. The number of aromatic nitrogens is 2. The Kier molecular flexibility index (Phi) is 3.75. The molecule has 0 aliphatic carbocycles. The van der Waals surface area contributed by atoms with Crippen molar-refractivity contribution in [3.05, 3.63) is 58.9 Å². The van der Waals surface area contributed by atoms with Gasteiger partial charge in [0.1, 0.15) is 5.65 Å². The lowest BCUT2D eigenvalue weighted by atomic mass is 10.1. The third kappa shape index (κ3) is 2.41. The smallest absolute Gasteiger partial charge is 0.182 e. The minimum atomic E-state index is 0.795. The van der Waals surface area contributed by atoms with Crippen molar-refractivity contribution >= 4 is 17.2 Å². The molecule has 4 heteroatoms. The first-order chi connectivity index (χ1) is 10.6. The molecule has 0 radical (unpaired) electrons. The maximum Gasteiger partial charge on any atom is 0.182 e. The molecule has 4 nitrogen and oxygen atoms in total. The van der Waals surface area contributed by atoms with E-state index in [0.29, 0.717) is 0 Å². The Morgan fingerprint density at radius 3 is 2.55 bits per heavy atom. The second-order valence-corrected chi connectivity index (χ2v) is 5.54. The second kappa shape index (κ2) is 5.72. The summed E-state index contributed by atoms with van der Waals surface area (Å²) >= 11 is 0. The molecule has 0 atom stereocenters. The molecule has 2 aromatic heterocycles. The molecule has 2 heterocycles. The van der Waals surface area contributed by atoms with E-state index in [-0.39, 0.29) is 0 Å². The zero-order valence-corrected chi connectivity index (χ0v) is 13.5. The van der Waals surface area contributed by atoms with Gasteiger partial charge in [-0.3, -0.25) is 4.40 Å². The summed E-state index contributed by atoms with van der Waals surface area (Å²) in [6.45, 7) is 8.23. The van der Waals surface area contributed by atoms with Crippen molar-refractivity contribution in [2.24, 2.45) is 10.2 Å².